The smallest absolute Gasteiger partial charge is 0.249 e. The molecule has 0 saturated carbocycles. The quantitative estimate of drug-likeness (QED) is 0.716. The lowest BCUT2D eigenvalue weighted by Gasteiger charge is -2.48. The van der Waals surface area contributed by atoms with E-state index in [-0.39, 0.29) is 11.9 Å². The van der Waals surface area contributed by atoms with Gasteiger partial charge in [-0.05, 0) is 76.6 Å². The second-order valence-corrected chi connectivity index (χ2v) is 10.2. The van der Waals surface area contributed by atoms with Gasteiger partial charge in [-0.25, -0.2) is 4.98 Å². The Morgan fingerprint density at radius 1 is 1.09 bits per heavy atom. The molecule has 2 N–H and O–H groups in total. The van der Waals surface area contributed by atoms with Crippen molar-refractivity contribution in [1.82, 2.24) is 9.88 Å². The van der Waals surface area contributed by atoms with Gasteiger partial charge in [-0.15, -0.1) is 0 Å². The molecule has 1 aromatic carbocycles. The zero-order valence-corrected chi connectivity index (χ0v) is 20.7. The number of likely N-dealkylation sites (N-methyl/N-ethyl adjacent to an activating group) is 1. The number of aryl methyl sites for hydroxylation is 1. The topological polar surface area (TPSA) is 73.0 Å². The summed E-state index contributed by atoms with van der Waals surface area (Å²) in [6.07, 6.45) is 1.78. The van der Waals surface area contributed by atoms with Crippen LogP contribution >= 0.6 is 0 Å². The summed E-state index contributed by atoms with van der Waals surface area (Å²) in [6, 6.07) is 10.7. The number of hydrogen-bond donors (Lipinski definition) is 2. The van der Waals surface area contributed by atoms with Crippen molar-refractivity contribution in [2.45, 2.75) is 45.2 Å². The van der Waals surface area contributed by atoms with Gasteiger partial charge in [0.25, 0.3) is 0 Å². The monoisotopic (exact) mass is 464 g/mol. The van der Waals surface area contributed by atoms with E-state index in [4.69, 9.17) is 9.72 Å². The number of pyridine rings is 1. The van der Waals surface area contributed by atoms with Crippen molar-refractivity contribution in [1.29, 1.82) is 0 Å². The minimum Gasteiger partial charge on any atom is -0.381 e. The van der Waals surface area contributed by atoms with Crippen LogP contribution in [-0.2, 0) is 9.53 Å². The molecule has 8 heteroatoms. The first-order chi connectivity index (χ1) is 16.3. The van der Waals surface area contributed by atoms with Gasteiger partial charge in [0, 0.05) is 56.8 Å². The highest BCUT2D eigenvalue weighted by Gasteiger charge is 2.44. The summed E-state index contributed by atoms with van der Waals surface area (Å²) >= 11 is 0. The molecule has 5 rings (SSSR count). The first-order valence-electron chi connectivity index (χ1n) is 12.3. The lowest BCUT2D eigenvalue weighted by atomic mass is 9.93. The van der Waals surface area contributed by atoms with Crippen LogP contribution in [0.15, 0.2) is 30.3 Å². The molecule has 0 radical (unpaired) electrons. The molecule has 4 heterocycles. The first-order valence-corrected chi connectivity index (χ1v) is 12.3. The molecule has 2 aromatic rings. The molecule has 3 aliphatic heterocycles. The molecule has 1 amide bonds. The highest BCUT2D eigenvalue weighted by atomic mass is 16.5. The maximum absolute atomic E-state index is 12.9. The Bertz CT molecular complexity index is 1060. The lowest BCUT2D eigenvalue weighted by molar-refractivity contribution is -0.120. The van der Waals surface area contributed by atoms with Gasteiger partial charge >= 0.3 is 0 Å². The summed E-state index contributed by atoms with van der Waals surface area (Å²) in [4.78, 5) is 24.9. The van der Waals surface area contributed by atoms with Crippen LogP contribution in [0, 0.1) is 6.92 Å². The third-order valence-electron chi connectivity index (χ3n) is 7.41. The lowest BCUT2D eigenvalue weighted by Crippen LogP contribution is -2.61. The van der Waals surface area contributed by atoms with Crippen LogP contribution in [0.5, 0.6) is 0 Å². The third-order valence-corrected chi connectivity index (χ3v) is 7.41. The van der Waals surface area contributed by atoms with Crippen LogP contribution in [-0.4, -0.2) is 73.8 Å². The summed E-state index contributed by atoms with van der Waals surface area (Å²) < 4.78 is 5.58. The number of anilines is 5. The molecule has 0 spiro atoms. The van der Waals surface area contributed by atoms with Crippen molar-refractivity contribution in [3.8, 4) is 0 Å². The van der Waals surface area contributed by atoms with Gasteiger partial charge in [0.2, 0.25) is 5.91 Å². The number of carbonyl (C=O) groups is 1. The molecule has 3 aliphatic rings. The second kappa shape index (κ2) is 9.07. The predicted octanol–water partition coefficient (Wildman–Crippen LogP) is 3.60. The molecule has 182 valence electrons. The van der Waals surface area contributed by atoms with E-state index in [1.54, 1.807) is 0 Å². The number of amides is 1. The molecule has 2 fully saturated rings. The summed E-state index contributed by atoms with van der Waals surface area (Å²) in [7, 11) is 2.18. The van der Waals surface area contributed by atoms with Crippen molar-refractivity contribution in [2.24, 2.45) is 0 Å². The van der Waals surface area contributed by atoms with E-state index in [0.29, 0.717) is 13.2 Å². The highest BCUT2D eigenvalue weighted by molar-refractivity contribution is 6.05. The molecular formula is C26H36N6O2. The fraction of sp³-hybridized carbons (Fsp3) is 0.538. The van der Waals surface area contributed by atoms with Crippen LogP contribution in [0.1, 0.15) is 32.3 Å². The van der Waals surface area contributed by atoms with Crippen LogP contribution in [0.4, 0.5) is 28.7 Å². The number of fused-ring (bicyclic) bond motifs is 1. The number of aromatic nitrogens is 1. The van der Waals surface area contributed by atoms with Crippen LogP contribution in [0.3, 0.4) is 0 Å². The van der Waals surface area contributed by atoms with Crippen LogP contribution < -0.4 is 20.4 Å². The predicted molar refractivity (Wildman–Crippen MR) is 137 cm³/mol. The largest absolute Gasteiger partial charge is 0.381 e. The molecule has 0 atom stereocenters. The Morgan fingerprint density at radius 3 is 2.53 bits per heavy atom. The molecule has 34 heavy (non-hydrogen) atoms. The van der Waals surface area contributed by atoms with Crippen molar-refractivity contribution >= 4 is 34.6 Å². The fourth-order valence-electron chi connectivity index (χ4n) is 5.21. The molecule has 0 bridgehead atoms. The molecule has 0 unspecified atom stereocenters. The number of ether oxygens (including phenoxy) is 1. The number of rotatable bonds is 4. The number of piperazine rings is 1. The van der Waals surface area contributed by atoms with E-state index in [1.165, 1.54) is 11.3 Å². The number of benzene rings is 1. The van der Waals surface area contributed by atoms with Gasteiger partial charge < -0.3 is 30.1 Å². The van der Waals surface area contributed by atoms with Gasteiger partial charge in [-0.3, -0.25) is 4.79 Å². The maximum Gasteiger partial charge on any atom is 0.249 e. The van der Waals surface area contributed by atoms with Crippen LogP contribution in [0.2, 0.25) is 0 Å². The zero-order valence-electron chi connectivity index (χ0n) is 20.7. The molecule has 1 aromatic heterocycles. The van der Waals surface area contributed by atoms with Crippen molar-refractivity contribution in [3.05, 3.63) is 35.9 Å². The van der Waals surface area contributed by atoms with E-state index >= 15 is 0 Å². The van der Waals surface area contributed by atoms with Crippen molar-refractivity contribution < 1.29 is 9.53 Å². The first kappa shape index (κ1) is 22.9. The maximum atomic E-state index is 12.9. The number of carbonyl (C=O) groups excluding carboxylic acids is 1. The van der Waals surface area contributed by atoms with Gasteiger partial charge in [-0.1, -0.05) is 0 Å². The van der Waals surface area contributed by atoms with E-state index in [9.17, 15) is 4.79 Å². The van der Waals surface area contributed by atoms with Gasteiger partial charge in [0.15, 0.2) is 5.82 Å². The molecule has 0 aliphatic carbocycles. The van der Waals surface area contributed by atoms with E-state index in [2.05, 4.69) is 57.5 Å². The zero-order chi connectivity index (χ0) is 23.9. The molecular weight excluding hydrogens is 428 g/mol. The minimum atomic E-state index is -0.680. The van der Waals surface area contributed by atoms with E-state index in [0.717, 1.165) is 62.0 Å². The average Bonchev–Trinajstić information content (AvgIpc) is 2.82. The van der Waals surface area contributed by atoms with Crippen molar-refractivity contribution in [3.63, 3.8) is 0 Å². The Kier molecular flexibility index (Phi) is 6.12. The summed E-state index contributed by atoms with van der Waals surface area (Å²) in [5.74, 6) is 1.61. The molecule has 2 saturated heterocycles. The highest BCUT2D eigenvalue weighted by Crippen LogP contribution is 2.40. The fourth-order valence-corrected chi connectivity index (χ4v) is 5.21. The van der Waals surface area contributed by atoms with Crippen LogP contribution in [0.25, 0.3) is 0 Å². The molecule has 8 nitrogen and oxygen atoms in total. The Balaban J connectivity index is 1.40. The third kappa shape index (κ3) is 4.32. The van der Waals surface area contributed by atoms with E-state index in [1.807, 2.05) is 26.0 Å². The standard InChI is InChI=1S/C26H36N6O2/c1-18-17-20(31-13-11-30(4)12-14-31)5-6-21(18)27-23-8-7-22-24(29-23)32(19-9-15-34-16-10-19)26(2,3)25(33)28-22/h5-8,17,19H,9-16H2,1-4H3,(H,27,29)(H,28,33). The normalized spacial score (nSPS) is 21.2. The number of nitrogens with zero attached hydrogens (tertiary/aromatic N) is 4. The summed E-state index contributed by atoms with van der Waals surface area (Å²) in [6.45, 7) is 11.8. The minimum absolute atomic E-state index is 0.00402. The Morgan fingerprint density at radius 2 is 1.82 bits per heavy atom. The summed E-state index contributed by atoms with van der Waals surface area (Å²) in [5.41, 5.74) is 3.59. The van der Waals surface area contributed by atoms with Crippen molar-refractivity contribution in [2.75, 3.05) is 66.9 Å². The number of nitrogens with one attached hydrogen (secondary N) is 2. The van der Waals surface area contributed by atoms with Gasteiger partial charge in [0.1, 0.15) is 11.4 Å². The van der Waals surface area contributed by atoms with Gasteiger partial charge in [-0.2, -0.15) is 0 Å². The summed E-state index contributed by atoms with van der Waals surface area (Å²) in [5, 5.41) is 6.58. The second-order valence-electron chi connectivity index (χ2n) is 10.2. The SMILES string of the molecule is Cc1cc(N2CCN(C)CC2)ccc1Nc1ccc2c(n1)N(C1CCOCC1)C(C)(C)C(=O)N2. The van der Waals surface area contributed by atoms with E-state index < -0.39 is 5.54 Å². The van der Waals surface area contributed by atoms with Gasteiger partial charge in [0.05, 0.1) is 5.69 Å². The average molecular weight is 465 g/mol. The Labute approximate surface area is 202 Å². The Hall–Kier alpha value is -2.84. The number of hydrogen-bond acceptors (Lipinski definition) is 7.